The zero-order valence-corrected chi connectivity index (χ0v) is 14.9. The smallest absolute Gasteiger partial charge is 0.170 e. The predicted octanol–water partition coefficient (Wildman–Crippen LogP) is 4.84. The van der Waals surface area contributed by atoms with Gasteiger partial charge in [-0.05, 0) is 55.0 Å². The third kappa shape index (κ3) is 5.69. The Morgan fingerprint density at radius 2 is 1.95 bits per heavy atom. The Bertz CT molecular complexity index is 602. The molecule has 0 saturated carbocycles. The monoisotopic (exact) mass is 380 g/mol. The number of halogens is 1. The molecule has 0 amide bonds. The maximum absolute atomic E-state index is 5.32. The standard InChI is InChI=1S/C16H17BrN2S2/c1-12-11-13(17)7-8-15(12)19-16(20)18-9-10-21-14-5-3-2-4-6-14/h2-8,11H,9-10H2,1H3,(H2,18,19,20). The van der Waals surface area contributed by atoms with Gasteiger partial charge in [-0.3, -0.25) is 0 Å². The lowest BCUT2D eigenvalue weighted by Crippen LogP contribution is -2.30. The fraction of sp³-hybridized carbons (Fsp3) is 0.188. The molecule has 0 bridgehead atoms. The van der Waals surface area contributed by atoms with Gasteiger partial charge in [0.25, 0.3) is 0 Å². The van der Waals surface area contributed by atoms with Crippen LogP contribution in [-0.2, 0) is 0 Å². The van der Waals surface area contributed by atoms with Crippen molar-refractivity contribution in [2.45, 2.75) is 11.8 Å². The lowest BCUT2D eigenvalue weighted by molar-refractivity contribution is 0.989. The van der Waals surface area contributed by atoms with Gasteiger partial charge in [-0.1, -0.05) is 34.1 Å². The first-order valence-electron chi connectivity index (χ1n) is 6.64. The van der Waals surface area contributed by atoms with Crippen molar-refractivity contribution in [1.82, 2.24) is 5.32 Å². The molecule has 0 fully saturated rings. The van der Waals surface area contributed by atoms with Gasteiger partial charge in [0.15, 0.2) is 5.11 Å². The summed E-state index contributed by atoms with van der Waals surface area (Å²) in [7, 11) is 0. The summed E-state index contributed by atoms with van der Waals surface area (Å²) in [5, 5.41) is 7.12. The van der Waals surface area contributed by atoms with Crippen LogP contribution in [0.1, 0.15) is 5.56 Å². The number of hydrogen-bond acceptors (Lipinski definition) is 2. The normalized spacial score (nSPS) is 10.2. The molecule has 0 aliphatic carbocycles. The zero-order chi connectivity index (χ0) is 15.1. The van der Waals surface area contributed by atoms with Gasteiger partial charge in [-0.25, -0.2) is 0 Å². The molecule has 0 aliphatic heterocycles. The number of nitrogens with one attached hydrogen (secondary N) is 2. The molecule has 2 rings (SSSR count). The summed E-state index contributed by atoms with van der Waals surface area (Å²) in [5.41, 5.74) is 2.19. The van der Waals surface area contributed by atoms with Crippen LogP contribution in [0.2, 0.25) is 0 Å². The van der Waals surface area contributed by atoms with Gasteiger partial charge in [0.2, 0.25) is 0 Å². The van der Waals surface area contributed by atoms with Crippen molar-refractivity contribution in [2.75, 3.05) is 17.6 Å². The lowest BCUT2D eigenvalue weighted by atomic mass is 10.2. The molecule has 2 aromatic carbocycles. The Kier molecular flexibility index (Phi) is 6.54. The van der Waals surface area contributed by atoms with E-state index in [1.54, 1.807) is 0 Å². The van der Waals surface area contributed by atoms with E-state index in [-0.39, 0.29) is 0 Å². The minimum atomic E-state index is 0.661. The minimum Gasteiger partial charge on any atom is -0.362 e. The Morgan fingerprint density at radius 1 is 1.19 bits per heavy atom. The summed E-state index contributed by atoms with van der Waals surface area (Å²) < 4.78 is 1.07. The highest BCUT2D eigenvalue weighted by Crippen LogP contribution is 2.20. The molecule has 110 valence electrons. The topological polar surface area (TPSA) is 24.1 Å². The third-order valence-corrected chi connectivity index (χ3v) is 4.59. The average molecular weight is 381 g/mol. The van der Waals surface area contributed by atoms with Crippen LogP contribution < -0.4 is 10.6 Å². The molecule has 0 spiro atoms. The first-order valence-corrected chi connectivity index (χ1v) is 8.83. The number of anilines is 1. The van der Waals surface area contributed by atoms with E-state index in [0.29, 0.717) is 5.11 Å². The Balaban J connectivity index is 1.72. The molecule has 0 aromatic heterocycles. The van der Waals surface area contributed by atoms with Crippen LogP contribution in [0, 0.1) is 6.92 Å². The molecule has 2 nitrogen and oxygen atoms in total. The second-order valence-corrected chi connectivity index (χ2v) is 6.99. The Labute approximate surface area is 143 Å². The molecule has 5 heteroatoms. The number of thiocarbonyl (C=S) groups is 1. The van der Waals surface area contributed by atoms with E-state index in [4.69, 9.17) is 12.2 Å². The highest BCUT2D eigenvalue weighted by atomic mass is 79.9. The highest BCUT2D eigenvalue weighted by molar-refractivity contribution is 9.10. The number of hydrogen-bond donors (Lipinski definition) is 2. The second kappa shape index (κ2) is 8.41. The molecule has 0 saturated heterocycles. The number of aryl methyl sites for hydroxylation is 1. The van der Waals surface area contributed by atoms with Gasteiger partial charge in [0.05, 0.1) is 0 Å². The van der Waals surface area contributed by atoms with E-state index in [2.05, 4.69) is 63.8 Å². The van der Waals surface area contributed by atoms with E-state index in [1.807, 2.05) is 30.0 Å². The molecule has 0 aliphatic rings. The quantitative estimate of drug-likeness (QED) is 0.440. The van der Waals surface area contributed by atoms with E-state index in [9.17, 15) is 0 Å². The highest BCUT2D eigenvalue weighted by Gasteiger charge is 2.01. The van der Waals surface area contributed by atoms with Crippen LogP contribution in [-0.4, -0.2) is 17.4 Å². The molecule has 21 heavy (non-hydrogen) atoms. The van der Waals surface area contributed by atoms with Gasteiger partial charge in [0, 0.05) is 27.4 Å². The van der Waals surface area contributed by atoms with E-state index >= 15 is 0 Å². The van der Waals surface area contributed by atoms with Crippen molar-refractivity contribution in [2.24, 2.45) is 0 Å². The maximum Gasteiger partial charge on any atom is 0.170 e. The van der Waals surface area contributed by atoms with Crippen molar-refractivity contribution >= 4 is 50.7 Å². The summed E-state index contributed by atoms with van der Waals surface area (Å²) >= 11 is 10.6. The molecule has 0 atom stereocenters. The van der Waals surface area contributed by atoms with Crippen LogP contribution in [0.4, 0.5) is 5.69 Å². The first kappa shape index (κ1) is 16.3. The lowest BCUT2D eigenvalue weighted by Gasteiger charge is -2.12. The van der Waals surface area contributed by atoms with Crippen molar-refractivity contribution in [3.05, 3.63) is 58.6 Å². The molecular formula is C16H17BrN2S2. The van der Waals surface area contributed by atoms with Crippen molar-refractivity contribution in [3.8, 4) is 0 Å². The summed E-state index contributed by atoms with van der Waals surface area (Å²) in [4.78, 5) is 1.28. The van der Waals surface area contributed by atoms with Crippen LogP contribution in [0.3, 0.4) is 0 Å². The van der Waals surface area contributed by atoms with Crippen LogP contribution in [0.15, 0.2) is 57.9 Å². The predicted molar refractivity (Wildman–Crippen MR) is 100 cm³/mol. The van der Waals surface area contributed by atoms with Gasteiger partial charge in [-0.15, -0.1) is 11.8 Å². The van der Waals surface area contributed by atoms with Gasteiger partial charge in [-0.2, -0.15) is 0 Å². The summed E-state index contributed by atoms with van der Waals surface area (Å²) in [5.74, 6) is 0.977. The fourth-order valence-electron chi connectivity index (χ4n) is 1.78. The average Bonchev–Trinajstić information content (AvgIpc) is 2.48. The fourth-order valence-corrected chi connectivity index (χ4v) is 3.26. The molecule has 0 unspecified atom stereocenters. The van der Waals surface area contributed by atoms with E-state index in [0.717, 1.165) is 28.0 Å². The Hall–Kier alpha value is -1.04. The van der Waals surface area contributed by atoms with Gasteiger partial charge < -0.3 is 10.6 Å². The number of benzene rings is 2. The molecule has 2 N–H and O–H groups in total. The zero-order valence-electron chi connectivity index (χ0n) is 11.7. The third-order valence-electron chi connectivity index (χ3n) is 2.84. The van der Waals surface area contributed by atoms with Crippen LogP contribution in [0.5, 0.6) is 0 Å². The van der Waals surface area contributed by atoms with Crippen LogP contribution in [0.25, 0.3) is 0 Å². The van der Waals surface area contributed by atoms with E-state index in [1.165, 1.54) is 4.90 Å². The first-order chi connectivity index (χ1) is 10.1. The number of thioether (sulfide) groups is 1. The molecule has 2 aromatic rings. The summed E-state index contributed by atoms with van der Waals surface area (Å²) in [6.45, 7) is 2.89. The largest absolute Gasteiger partial charge is 0.362 e. The van der Waals surface area contributed by atoms with Crippen molar-refractivity contribution in [3.63, 3.8) is 0 Å². The molecule has 0 heterocycles. The van der Waals surface area contributed by atoms with Gasteiger partial charge in [0.1, 0.15) is 0 Å². The van der Waals surface area contributed by atoms with Crippen LogP contribution >= 0.6 is 39.9 Å². The minimum absolute atomic E-state index is 0.661. The summed E-state index contributed by atoms with van der Waals surface area (Å²) in [6.07, 6.45) is 0. The second-order valence-electron chi connectivity index (χ2n) is 4.50. The summed E-state index contributed by atoms with van der Waals surface area (Å²) in [6, 6.07) is 16.5. The van der Waals surface area contributed by atoms with Crippen molar-refractivity contribution in [1.29, 1.82) is 0 Å². The number of rotatable bonds is 5. The van der Waals surface area contributed by atoms with Crippen molar-refractivity contribution < 1.29 is 0 Å². The molecule has 0 radical (unpaired) electrons. The van der Waals surface area contributed by atoms with E-state index < -0.39 is 0 Å². The Morgan fingerprint density at radius 3 is 2.67 bits per heavy atom. The van der Waals surface area contributed by atoms with Gasteiger partial charge >= 0.3 is 0 Å². The maximum atomic E-state index is 5.32. The SMILES string of the molecule is Cc1cc(Br)ccc1NC(=S)NCCSc1ccccc1. The molecular weight excluding hydrogens is 364 g/mol.